The Morgan fingerprint density at radius 3 is 1.59 bits per heavy atom. The molecule has 238 valence electrons. The Kier molecular flexibility index (Phi) is 5.86. The van der Waals surface area contributed by atoms with Gasteiger partial charge in [0.05, 0.1) is 22.1 Å². The first-order valence-corrected chi connectivity index (χ1v) is 17.0. The van der Waals surface area contributed by atoms with Crippen molar-refractivity contribution in [3.63, 3.8) is 0 Å². The van der Waals surface area contributed by atoms with E-state index in [-0.39, 0.29) is 0 Å². The van der Waals surface area contributed by atoms with Gasteiger partial charge in [-0.3, -0.25) is 4.57 Å². The highest BCUT2D eigenvalue weighted by molar-refractivity contribution is 6.22. The summed E-state index contributed by atoms with van der Waals surface area (Å²) >= 11 is 0. The van der Waals surface area contributed by atoms with Crippen LogP contribution in [-0.2, 0) is 0 Å². The molecule has 0 fully saturated rings. The number of para-hydroxylation sites is 3. The summed E-state index contributed by atoms with van der Waals surface area (Å²) in [6.07, 6.45) is 0. The van der Waals surface area contributed by atoms with Crippen molar-refractivity contribution < 1.29 is 4.42 Å². The van der Waals surface area contributed by atoms with Crippen LogP contribution in [0.4, 0.5) is 0 Å². The number of hydrogen-bond donors (Lipinski definition) is 0. The Labute approximate surface area is 291 Å². The fraction of sp³-hybridized carbons (Fsp3) is 0. The lowest BCUT2D eigenvalue weighted by Crippen LogP contribution is -2.06. The quantitative estimate of drug-likeness (QED) is 0.190. The second kappa shape index (κ2) is 10.7. The minimum Gasteiger partial charge on any atom is -0.456 e. The minimum atomic E-state index is 0.569. The second-order valence-corrected chi connectivity index (χ2v) is 12.9. The van der Waals surface area contributed by atoms with E-state index in [0.717, 1.165) is 71.6 Å². The average Bonchev–Trinajstić information content (AvgIpc) is 3.83. The van der Waals surface area contributed by atoms with E-state index in [2.05, 4.69) is 100 Å². The van der Waals surface area contributed by atoms with Crippen molar-refractivity contribution in [3.05, 3.63) is 164 Å². The molecule has 0 saturated heterocycles. The Morgan fingerprint density at radius 1 is 0.353 bits per heavy atom. The summed E-state index contributed by atoms with van der Waals surface area (Å²) in [5.74, 6) is 1.82. The molecule has 0 atom stereocenters. The summed E-state index contributed by atoms with van der Waals surface area (Å²) in [5, 5.41) is 6.83. The van der Waals surface area contributed by atoms with Crippen molar-refractivity contribution in [2.75, 3.05) is 0 Å². The van der Waals surface area contributed by atoms with Crippen molar-refractivity contribution in [3.8, 4) is 34.4 Å². The highest BCUT2D eigenvalue weighted by Gasteiger charge is 2.22. The molecule has 0 radical (unpaired) electrons. The van der Waals surface area contributed by atoms with Crippen LogP contribution in [0, 0.1) is 0 Å². The molecule has 11 rings (SSSR count). The van der Waals surface area contributed by atoms with Crippen molar-refractivity contribution in [2.24, 2.45) is 0 Å². The summed E-state index contributed by atoms with van der Waals surface area (Å²) in [6.45, 7) is 0. The van der Waals surface area contributed by atoms with E-state index in [1.165, 1.54) is 10.8 Å². The molecule has 6 heteroatoms. The van der Waals surface area contributed by atoms with Crippen LogP contribution in [0.3, 0.4) is 0 Å². The lowest BCUT2D eigenvalue weighted by molar-refractivity contribution is 0.669. The molecule has 0 aliphatic rings. The summed E-state index contributed by atoms with van der Waals surface area (Å²) < 4.78 is 10.9. The van der Waals surface area contributed by atoms with Crippen LogP contribution >= 0.6 is 0 Å². The van der Waals surface area contributed by atoms with Gasteiger partial charge in [-0.1, -0.05) is 115 Å². The van der Waals surface area contributed by atoms with E-state index in [0.29, 0.717) is 17.6 Å². The molecule has 0 bridgehead atoms. The Hall–Kier alpha value is -7.05. The first kappa shape index (κ1) is 27.9. The zero-order valence-corrected chi connectivity index (χ0v) is 27.2. The summed E-state index contributed by atoms with van der Waals surface area (Å²) in [7, 11) is 0. The molecule has 51 heavy (non-hydrogen) atoms. The van der Waals surface area contributed by atoms with E-state index in [1.807, 2.05) is 72.8 Å². The van der Waals surface area contributed by atoms with Gasteiger partial charge < -0.3 is 8.98 Å². The SMILES string of the molecule is c1ccc(-c2nc(-c3ccccc3)nc(-n3c4ccccc4c4cc5c6cc7c(cc6n(-c6ccccc6)c5cc43)oc3ccccc37)n2)cc1. The molecule has 7 aromatic carbocycles. The number of rotatable bonds is 4. The van der Waals surface area contributed by atoms with Crippen LogP contribution in [0.2, 0.25) is 0 Å². The predicted molar refractivity (Wildman–Crippen MR) is 207 cm³/mol. The zero-order chi connectivity index (χ0) is 33.5. The van der Waals surface area contributed by atoms with E-state index in [4.69, 9.17) is 19.4 Å². The lowest BCUT2D eigenvalue weighted by atomic mass is 10.1. The zero-order valence-electron chi connectivity index (χ0n) is 27.2. The average molecular weight is 654 g/mol. The Morgan fingerprint density at radius 2 is 0.882 bits per heavy atom. The smallest absolute Gasteiger partial charge is 0.238 e. The van der Waals surface area contributed by atoms with Crippen molar-refractivity contribution in [2.45, 2.75) is 0 Å². The molecule has 0 saturated carbocycles. The van der Waals surface area contributed by atoms with Gasteiger partial charge in [-0.25, -0.2) is 4.98 Å². The molecule has 0 N–H and O–H groups in total. The van der Waals surface area contributed by atoms with Gasteiger partial charge in [-0.15, -0.1) is 0 Å². The topological polar surface area (TPSA) is 61.7 Å². The van der Waals surface area contributed by atoms with Gasteiger partial charge in [-0.2, -0.15) is 9.97 Å². The molecule has 0 aliphatic carbocycles. The second-order valence-electron chi connectivity index (χ2n) is 12.9. The van der Waals surface area contributed by atoms with Gasteiger partial charge in [0, 0.05) is 55.2 Å². The third-order valence-electron chi connectivity index (χ3n) is 9.96. The van der Waals surface area contributed by atoms with Crippen LogP contribution in [0.25, 0.3) is 100.0 Å². The maximum Gasteiger partial charge on any atom is 0.238 e. The maximum absolute atomic E-state index is 6.40. The molecule has 0 amide bonds. The largest absolute Gasteiger partial charge is 0.456 e. The molecular weight excluding hydrogens is 627 g/mol. The predicted octanol–water partition coefficient (Wildman–Crippen LogP) is 11.3. The molecule has 4 heterocycles. The van der Waals surface area contributed by atoms with Crippen molar-refractivity contribution in [1.29, 1.82) is 0 Å². The number of furan rings is 1. The van der Waals surface area contributed by atoms with E-state index in [1.54, 1.807) is 0 Å². The molecule has 0 unspecified atom stereocenters. The minimum absolute atomic E-state index is 0.569. The van der Waals surface area contributed by atoms with Gasteiger partial charge >= 0.3 is 0 Å². The molecule has 0 aliphatic heterocycles. The maximum atomic E-state index is 6.40. The number of hydrogen-bond acceptors (Lipinski definition) is 4. The third-order valence-corrected chi connectivity index (χ3v) is 9.96. The Bertz CT molecular complexity index is 3060. The summed E-state index contributed by atoms with van der Waals surface area (Å²) in [6, 6.07) is 56.7. The normalized spacial score (nSPS) is 11.9. The van der Waals surface area contributed by atoms with Gasteiger partial charge in [0.2, 0.25) is 5.95 Å². The Balaban J connectivity index is 1.27. The van der Waals surface area contributed by atoms with Crippen LogP contribution < -0.4 is 0 Å². The number of fused-ring (bicyclic) bond motifs is 9. The standard InChI is InChI=1S/C45H27N5O/c1-4-14-28(15-5-1)43-46-44(29-16-6-2-7-17-29)48-45(47-43)50-37-22-12-10-20-31(37)33-24-34-35-25-36-32-21-11-13-23-41(32)51-42(36)27-40(35)49(38(34)26-39(33)50)30-18-8-3-9-19-30/h1-27H. The summed E-state index contributed by atoms with van der Waals surface area (Å²) in [4.78, 5) is 15.3. The van der Waals surface area contributed by atoms with E-state index < -0.39 is 0 Å². The highest BCUT2D eigenvalue weighted by Crippen LogP contribution is 2.42. The first-order chi connectivity index (χ1) is 25.3. The van der Waals surface area contributed by atoms with Crippen LogP contribution in [0.5, 0.6) is 0 Å². The van der Waals surface area contributed by atoms with E-state index in [9.17, 15) is 0 Å². The monoisotopic (exact) mass is 653 g/mol. The number of aromatic nitrogens is 5. The molecule has 6 nitrogen and oxygen atoms in total. The van der Waals surface area contributed by atoms with Gasteiger partial charge in [-0.05, 0) is 42.5 Å². The highest BCUT2D eigenvalue weighted by atomic mass is 16.3. The number of nitrogens with zero attached hydrogens (tertiary/aromatic N) is 5. The fourth-order valence-corrected chi connectivity index (χ4v) is 7.66. The third kappa shape index (κ3) is 4.20. The lowest BCUT2D eigenvalue weighted by Gasteiger charge is -2.11. The van der Waals surface area contributed by atoms with Crippen LogP contribution in [0.1, 0.15) is 0 Å². The number of benzene rings is 7. The molecule has 0 spiro atoms. The molecular formula is C45H27N5O. The van der Waals surface area contributed by atoms with Crippen molar-refractivity contribution in [1.82, 2.24) is 24.1 Å². The van der Waals surface area contributed by atoms with Gasteiger partial charge in [0.1, 0.15) is 11.2 Å². The fourth-order valence-electron chi connectivity index (χ4n) is 7.66. The van der Waals surface area contributed by atoms with E-state index >= 15 is 0 Å². The van der Waals surface area contributed by atoms with Crippen LogP contribution in [-0.4, -0.2) is 24.1 Å². The van der Waals surface area contributed by atoms with Crippen LogP contribution in [0.15, 0.2) is 168 Å². The van der Waals surface area contributed by atoms with Crippen molar-refractivity contribution >= 4 is 65.6 Å². The van der Waals surface area contributed by atoms with Gasteiger partial charge in [0.15, 0.2) is 11.6 Å². The first-order valence-electron chi connectivity index (χ1n) is 17.0. The molecule has 4 aromatic heterocycles. The molecule has 11 aromatic rings. The van der Waals surface area contributed by atoms with Gasteiger partial charge in [0.25, 0.3) is 0 Å². The summed E-state index contributed by atoms with van der Waals surface area (Å²) in [5.41, 5.74) is 8.93.